The zero-order chi connectivity index (χ0) is 28.9. The molecule has 4 rings (SSSR count). The molecule has 0 radical (unpaired) electrons. The summed E-state index contributed by atoms with van der Waals surface area (Å²) in [4.78, 5) is 27.3. The van der Waals surface area contributed by atoms with Crippen LogP contribution in [0.4, 0.5) is 4.79 Å². The second-order valence-corrected chi connectivity index (χ2v) is 12.8. The summed E-state index contributed by atoms with van der Waals surface area (Å²) < 4.78 is 13.5. The van der Waals surface area contributed by atoms with Crippen molar-refractivity contribution in [3.05, 3.63) is 59.7 Å². The first-order valence-corrected chi connectivity index (χ1v) is 14.6. The summed E-state index contributed by atoms with van der Waals surface area (Å²) in [5.74, 6) is 0.996. The molecule has 1 aliphatic carbocycles. The fraction of sp³-hybridized carbons (Fsp3) is 0.594. The molecule has 0 saturated heterocycles. The van der Waals surface area contributed by atoms with Gasteiger partial charge in [0.1, 0.15) is 18.2 Å². The summed E-state index contributed by atoms with van der Waals surface area (Å²) >= 11 is 0. The van der Waals surface area contributed by atoms with Crippen LogP contribution in [0.3, 0.4) is 0 Å². The summed E-state index contributed by atoms with van der Waals surface area (Å²) in [5.41, 5.74) is 3.76. The molecule has 2 heterocycles. The predicted molar refractivity (Wildman–Crippen MR) is 159 cm³/mol. The minimum absolute atomic E-state index is 0.227. The highest BCUT2D eigenvalue weighted by Gasteiger charge is 2.31. The molecule has 0 unspecified atom stereocenters. The molecular formula is C32H47N5O3. The van der Waals surface area contributed by atoms with E-state index in [9.17, 15) is 4.79 Å². The van der Waals surface area contributed by atoms with Crippen molar-refractivity contribution in [3.8, 4) is 0 Å². The molecular weight excluding hydrogens is 502 g/mol. The van der Waals surface area contributed by atoms with Gasteiger partial charge < -0.3 is 18.9 Å². The smallest absolute Gasteiger partial charge is 0.410 e. The number of fused-ring (bicyclic) bond motifs is 2. The molecule has 0 spiro atoms. The minimum atomic E-state index is -0.521. The van der Waals surface area contributed by atoms with Gasteiger partial charge in [-0.05, 0) is 104 Å². The van der Waals surface area contributed by atoms with Crippen molar-refractivity contribution in [2.45, 2.75) is 104 Å². The van der Waals surface area contributed by atoms with E-state index >= 15 is 0 Å². The highest BCUT2D eigenvalue weighted by atomic mass is 16.6. The number of hydrogen-bond donors (Lipinski definition) is 0. The van der Waals surface area contributed by atoms with Crippen LogP contribution in [-0.2, 0) is 29.2 Å². The molecule has 0 N–H and O–H groups in total. The Bertz CT molecular complexity index is 1270. The zero-order valence-corrected chi connectivity index (χ0v) is 25.4. The first-order chi connectivity index (χ1) is 19.0. The van der Waals surface area contributed by atoms with Crippen LogP contribution in [0.1, 0.15) is 90.3 Å². The van der Waals surface area contributed by atoms with E-state index in [0.29, 0.717) is 19.8 Å². The Hall–Kier alpha value is -2.97. The van der Waals surface area contributed by atoms with E-state index in [1.807, 2.05) is 50.1 Å². The van der Waals surface area contributed by atoms with Gasteiger partial charge in [0.15, 0.2) is 0 Å². The van der Waals surface area contributed by atoms with Crippen LogP contribution in [0, 0.1) is 0 Å². The second-order valence-electron chi connectivity index (χ2n) is 12.8. The summed E-state index contributed by atoms with van der Waals surface area (Å²) in [6, 6.07) is 12.7. The third kappa shape index (κ3) is 7.40. The van der Waals surface area contributed by atoms with E-state index in [2.05, 4.69) is 48.4 Å². The summed E-state index contributed by atoms with van der Waals surface area (Å²) in [5, 5.41) is 0. The van der Waals surface area contributed by atoms with Gasteiger partial charge in [-0.2, -0.15) is 0 Å². The minimum Gasteiger partial charge on any atom is -0.444 e. The lowest BCUT2D eigenvalue weighted by molar-refractivity contribution is 0.00556. The first kappa shape index (κ1) is 30.0. The van der Waals surface area contributed by atoms with Crippen LogP contribution >= 0.6 is 0 Å². The monoisotopic (exact) mass is 549 g/mol. The molecule has 0 fully saturated rings. The topological polar surface area (TPSA) is 72.7 Å². The van der Waals surface area contributed by atoms with Crippen LogP contribution in [0.5, 0.6) is 0 Å². The van der Waals surface area contributed by atoms with Crippen LogP contribution in [-0.4, -0.2) is 61.8 Å². The lowest BCUT2D eigenvalue weighted by atomic mass is 9.90. The Kier molecular flexibility index (Phi) is 9.52. The molecule has 0 bridgehead atoms. The Labute approximate surface area is 239 Å². The molecule has 1 amide bonds. The number of rotatable bonds is 10. The van der Waals surface area contributed by atoms with Gasteiger partial charge in [-0.1, -0.05) is 18.2 Å². The Morgan fingerprint density at radius 3 is 2.52 bits per heavy atom. The van der Waals surface area contributed by atoms with E-state index in [-0.39, 0.29) is 17.7 Å². The number of para-hydroxylation sites is 2. The average molecular weight is 550 g/mol. The first-order valence-electron chi connectivity index (χ1n) is 14.6. The van der Waals surface area contributed by atoms with Gasteiger partial charge in [-0.25, -0.2) is 9.78 Å². The second kappa shape index (κ2) is 12.7. The molecule has 1 atom stereocenters. The molecule has 0 aliphatic heterocycles. The van der Waals surface area contributed by atoms with Crippen molar-refractivity contribution in [2.75, 3.05) is 20.2 Å². The number of carbonyl (C=O) groups excluding carboxylic acids is 1. The number of ether oxygens (including phenoxy) is 2. The van der Waals surface area contributed by atoms with E-state index < -0.39 is 5.60 Å². The number of carbonyl (C=O) groups is 1. The standard InChI is InChI=1S/C32H47N5O3/c1-31(2,3)37(30(38)40-32(4,5)6)21-11-10-20-35(27-18-12-14-24-15-13-19-33-29(24)27)22-28-34-25-16-8-9-17-26(25)36(28)23-39-7/h8-9,13,15-17,19,27H,10-12,14,18,20-23H2,1-7H3/t27-/m1/s1. The largest absolute Gasteiger partial charge is 0.444 e. The van der Waals surface area contributed by atoms with Gasteiger partial charge in [-0.3, -0.25) is 9.88 Å². The van der Waals surface area contributed by atoms with Crippen molar-refractivity contribution in [1.29, 1.82) is 0 Å². The van der Waals surface area contributed by atoms with Crippen molar-refractivity contribution < 1.29 is 14.3 Å². The molecule has 8 heteroatoms. The molecule has 8 nitrogen and oxygen atoms in total. The molecule has 218 valence electrons. The fourth-order valence-corrected chi connectivity index (χ4v) is 5.59. The Morgan fingerprint density at radius 1 is 1.05 bits per heavy atom. The van der Waals surface area contributed by atoms with Crippen molar-refractivity contribution >= 4 is 17.1 Å². The van der Waals surface area contributed by atoms with Crippen molar-refractivity contribution in [2.24, 2.45) is 0 Å². The van der Waals surface area contributed by atoms with E-state index in [0.717, 1.165) is 55.5 Å². The number of methoxy groups -OCH3 is 1. The Balaban J connectivity index is 1.55. The van der Waals surface area contributed by atoms with E-state index in [1.165, 1.54) is 11.3 Å². The summed E-state index contributed by atoms with van der Waals surface area (Å²) in [6.45, 7) is 14.6. The molecule has 40 heavy (non-hydrogen) atoms. The molecule has 1 aliphatic rings. The van der Waals surface area contributed by atoms with Gasteiger partial charge >= 0.3 is 6.09 Å². The number of aryl methyl sites for hydroxylation is 1. The SMILES string of the molecule is COCn1c(CN(CCCCN(C(=O)OC(C)(C)C)C(C)(C)C)[C@@H]2CCCc3cccnc32)nc2ccccc21. The number of aromatic nitrogens is 3. The summed E-state index contributed by atoms with van der Waals surface area (Å²) in [7, 11) is 1.73. The predicted octanol–water partition coefficient (Wildman–Crippen LogP) is 6.73. The van der Waals surface area contributed by atoms with Gasteiger partial charge in [-0.15, -0.1) is 0 Å². The summed E-state index contributed by atoms with van der Waals surface area (Å²) in [6.07, 6.45) is 6.77. The van der Waals surface area contributed by atoms with Crippen LogP contribution in [0.25, 0.3) is 11.0 Å². The zero-order valence-electron chi connectivity index (χ0n) is 25.4. The number of nitrogens with zero attached hydrogens (tertiary/aromatic N) is 5. The van der Waals surface area contributed by atoms with Gasteiger partial charge in [0.2, 0.25) is 0 Å². The Morgan fingerprint density at radius 2 is 1.80 bits per heavy atom. The van der Waals surface area contributed by atoms with Crippen LogP contribution < -0.4 is 0 Å². The lowest BCUT2D eigenvalue weighted by Crippen LogP contribution is -2.48. The average Bonchev–Trinajstić information content (AvgIpc) is 3.23. The van der Waals surface area contributed by atoms with E-state index in [4.69, 9.17) is 19.4 Å². The maximum Gasteiger partial charge on any atom is 0.410 e. The molecule has 1 aromatic carbocycles. The van der Waals surface area contributed by atoms with Gasteiger partial charge in [0.25, 0.3) is 0 Å². The number of hydrogen-bond acceptors (Lipinski definition) is 6. The quantitative estimate of drug-likeness (QED) is 0.261. The van der Waals surface area contributed by atoms with Crippen molar-refractivity contribution in [3.63, 3.8) is 0 Å². The molecule has 3 aromatic rings. The fourth-order valence-electron chi connectivity index (χ4n) is 5.59. The van der Waals surface area contributed by atoms with Crippen LogP contribution in [0.2, 0.25) is 0 Å². The lowest BCUT2D eigenvalue weighted by Gasteiger charge is -2.37. The normalized spacial score (nSPS) is 15.8. The number of benzene rings is 1. The van der Waals surface area contributed by atoms with Crippen LogP contribution in [0.15, 0.2) is 42.6 Å². The highest BCUT2D eigenvalue weighted by molar-refractivity contribution is 5.75. The third-order valence-electron chi connectivity index (χ3n) is 7.44. The molecule has 2 aromatic heterocycles. The van der Waals surface area contributed by atoms with E-state index in [1.54, 1.807) is 7.11 Å². The number of amides is 1. The maximum atomic E-state index is 13.0. The third-order valence-corrected chi connectivity index (χ3v) is 7.44. The number of pyridine rings is 1. The molecule has 0 saturated carbocycles. The van der Waals surface area contributed by atoms with Crippen molar-refractivity contribution in [1.82, 2.24) is 24.3 Å². The van der Waals surface area contributed by atoms with Gasteiger partial charge in [0.05, 0.1) is 29.3 Å². The highest BCUT2D eigenvalue weighted by Crippen LogP contribution is 2.34. The number of imidazole rings is 1. The maximum absolute atomic E-state index is 13.0. The number of unbranched alkanes of at least 4 members (excludes halogenated alkanes) is 1. The van der Waals surface area contributed by atoms with Gasteiger partial charge in [0, 0.05) is 25.4 Å².